The molecule has 30 nitrogen and oxygen atoms in total. The Kier molecular flexibility index (Phi) is 5.92. The Labute approximate surface area is 228 Å². The van der Waals surface area contributed by atoms with E-state index in [2.05, 4.69) is 70.4 Å². The van der Waals surface area contributed by atoms with Crippen molar-refractivity contribution in [3.05, 3.63) is 0 Å². The molecule has 2 N–H and O–H groups in total. The predicted molar refractivity (Wildman–Crippen MR) is 91.7 cm³/mol. The Bertz CT molecular complexity index is 1890. The molecule has 2 spiro atoms. The van der Waals surface area contributed by atoms with Gasteiger partial charge >= 0.3 is 97.5 Å². The Balaban J connectivity index is 1.79. The zero-order valence-corrected chi connectivity index (χ0v) is 22.7. The molecule has 242 valence electrons. The second-order valence-electron chi connectivity index (χ2n) is 7.35. The molecule has 6 rings (SSSR count). The minimum atomic E-state index is -6.35. The maximum Gasteiger partial charge on any atom is 0.453 e. The highest BCUT2D eigenvalue weighted by Gasteiger charge is 3.02. The van der Waals surface area contributed by atoms with Gasteiger partial charge in [0.25, 0.3) is 0 Å². The molecule has 6 aliphatic heterocycles. The monoisotopic (exact) mass is 746 g/mol. The van der Waals surface area contributed by atoms with Crippen molar-refractivity contribution in [1.82, 2.24) is 0 Å². The molecular formula is C6H2O30S6. The van der Waals surface area contributed by atoms with E-state index in [-0.39, 0.29) is 0 Å². The largest absolute Gasteiger partial charge is 0.453 e. The first-order valence-corrected chi connectivity index (χ1v) is 16.8. The van der Waals surface area contributed by atoms with Crippen LogP contribution >= 0.6 is 0 Å². The number of hydrogen-bond acceptors (Lipinski definition) is 30. The van der Waals surface area contributed by atoms with E-state index in [1.807, 2.05) is 0 Å². The van der Waals surface area contributed by atoms with Crippen molar-refractivity contribution in [2.24, 2.45) is 0 Å². The van der Waals surface area contributed by atoms with Gasteiger partial charge in [0.2, 0.25) is 0 Å². The molecule has 0 unspecified atom stereocenters. The van der Waals surface area contributed by atoms with Gasteiger partial charge in [-0.1, -0.05) is 17.3 Å². The average Bonchev–Trinajstić information content (AvgIpc) is 3.16. The molecule has 36 heteroatoms. The molecule has 4 atom stereocenters. The zero-order chi connectivity index (χ0) is 31.3. The number of rotatable bonds is 1. The molecular weight excluding hydrogens is 744 g/mol. The van der Waals surface area contributed by atoms with Gasteiger partial charge in [0.05, 0.1) is 0 Å². The van der Waals surface area contributed by atoms with Crippen molar-refractivity contribution in [3.8, 4) is 0 Å². The first kappa shape index (κ1) is 31.0. The van der Waals surface area contributed by atoms with Gasteiger partial charge in [-0.25, -0.2) is 4.18 Å². The summed E-state index contributed by atoms with van der Waals surface area (Å²) in [6.45, 7) is 0. The maximum absolute atomic E-state index is 12.6. The first-order valence-electron chi connectivity index (χ1n) is 8.81. The summed E-state index contributed by atoms with van der Waals surface area (Å²) in [7, 11) is -36.3. The van der Waals surface area contributed by atoms with Crippen LogP contribution in [0.1, 0.15) is 0 Å². The lowest BCUT2D eigenvalue weighted by Gasteiger charge is -2.52. The Morgan fingerprint density at radius 3 is 1.21 bits per heavy atom. The fraction of sp³-hybridized carbons (Fsp3) is 1.00. The number of aliphatic hydroxyl groups is 2. The van der Waals surface area contributed by atoms with E-state index in [0.29, 0.717) is 0 Å². The molecule has 2 bridgehead atoms. The highest BCUT2D eigenvalue weighted by molar-refractivity contribution is 7.84. The van der Waals surface area contributed by atoms with E-state index >= 15 is 0 Å². The van der Waals surface area contributed by atoms with Gasteiger partial charge in [-0.15, -0.1) is 4.89 Å². The first-order chi connectivity index (χ1) is 18.7. The van der Waals surface area contributed by atoms with Gasteiger partial charge in [-0.2, -0.15) is 94.5 Å². The minimum absolute atomic E-state index is 3.62. The number of hydrogen-bond donors (Lipinski definition) is 2. The van der Waals surface area contributed by atoms with Gasteiger partial charge in [0, 0.05) is 0 Å². The van der Waals surface area contributed by atoms with Crippen LogP contribution in [0, 0.1) is 0 Å². The van der Waals surface area contributed by atoms with Crippen molar-refractivity contribution in [2.45, 2.75) is 35.1 Å². The second kappa shape index (κ2) is 8.03. The van der Waals surface area contributed by atoms with E-state index < -0.39 is 97.5 Å². The third kappa shape index (κ3) is 3.91. The van der Waals surface area contributed by atoms with Gasteiger partial charge < -0.3 is 10.2 Å². The summed E-state index contributed by atoms with van der Waals surface area (Å²) >= 11 is 0. The molecule has 0 saturated carbocycles. The van der Waals surface area contributed by atoms with E-state index in [1.54, 1.807) is 0 Å². The summed E-state index contributed by atoms with van der Waals surface area (Å²) in [6, 6.07) is 0. The summed E-state index contributed by atoms with van der Waals surface area (Å²) in [5, 5.41) is 22.4. The predicted octanol–water partition coefficient (Wildman–Crippen LogP) is -7.46. The van der Waals surface area contributed by atoms with Crippen LogP contribution in [-0.4, -0.2) is 95.8 Å². The molecule has 0 aliphatic carbocycles. The van der Waals surface area contributed by atoms with Crippen LogP contribution in [0.15, 0.2) is 0 Å². The molecule has 6 fully saturated rings. The summed E-state index contributed by atoms with van der Waals surface area (Å²) in [5.41, 5.74) is 0. The maximum atomic E-state index is 12.6. The lowest BCUT2D eigenvalue weighted by molar-refractivity contribution is -0.624. The van der Waals surface area contributed by atoms with Crippen molar-refractivity contribution < 1.29 is 131 Å². The molecule has 6 aliphatic rings. The van der Waals surface area contributed by atoms with Crippen LogP contribution < -0.4 is 0 Å². The van der Waals surface area contributed by atoms with Crippen LogP contribution in [-0.2, 0) is 133 Å². The lowest BCUT2D eigenvalue weighted by atomic mass is 9.86. The van der Waals surface area contributed by atoms with E-state index in [0.717, 1.165) is 0 Å². The smallest absolute Gasteiger partial charge is 0.356 e. The molecule has 6 saturated heterocycles. The van der Waals surface area contributed by atoms with Crippen LogP contribution in [0.25, 0.3) is 0 Å². The Hall–Kier alpha value is -1.02. The third-order valence-electron chi connectivity index (χ3n) is 4.81. The average molecular weight is 746 g/mol. The van der Waals surface area contributed by atoms with Crippen molar-refractivity contribution in [3.63, 3.8) is 0 Å². The second-order valence-corrected chi connectivity index (χ2v) is 14.1. The fourth-order valence-electron chi connectivity index (χ4n) is 3.51. The van der Waals surface area contributed by atoms with E-state index in [9.17, 15) is 60.7 Å². The van der Waals surface area contributed by atoms with Crippen molar-refractivity contribution in [1.29, 1.82) is 0 Å². The molecule has 0 radical (unpaired) electrons. The molecule has 42 heavy (non-hydrogen) atoms. The van der Waals surface area contributed by atoms with Gasteiger partial charge in [-0.3, -0.25) is 0 Å². The topological polar surface area (TPSA) is 393 Å². The standard InChI is InChI=1S/C6H2O30S6/c7-1-2-4(28-38(11,12)26-2,5(8)29-39(13,14)30-5)23-35-41(17,18)34-22-3(1,27-37(9,10)25-1)6(31-40(15,16)32-6)24-36-42(19,20)33-21-2/h7-8H/t1-,2+,3+,4-/m0/s1. The molecule has 0 amide bonds. The minimum Gasteiger partial charge on any atom is -0.356 e. The Morgan fingerprint density at radius 1 is 0.357 bits per heavy atom. The normalized spacial score (nSPS) is 46.4. The summed E-state index contributed by atoms with van der Waals surface area (Å²) in [4.78, 5) is 16.3. The Morgan fingerprint density at radius 2 is 0.714 bits per heavy atom. The molecule has 0 aromatic rings. The fourth-order valence-corrected chi connectivity index (χ4v) is 8.06. The summed E-state index contributed by atoms with van der Waals surface area (Å²) in [5.74, 6) is -30.1. The third-order valence-corrected chi connectivity index (χ3v) is 9.22. The van der Waals surface area contributed by atoms with E-state index in [1.165, 1.54) is 0 Å². The SMILES string of the molecule is O=S1(=O)OO[C@@]23OS(=O)(=O)O[C@@]2(O)[C@@]2(OOS(=O)(=O)OOC34OS(=O)(=O)O4)OS(=O)(=O)O[C@@]2(C2(O)OS(=O)(=O)O2)OO1. The van der Waals surface area contributed by atoms with Crippen molar-refractivity contribution >= 4 is 62.4 Å². The lowest BCUT2D eigenvalue weighted by Crippen LogP contribution is -2.87. The quantitative estimate of drug-likeness (QED) is 0.235. The van der Waals surface area contributed by atoms with Gasteiger partial charge in [0.15, 0.2) is 0 Å². The van der Waals surface area contributed by atoms with Crippen LogP contribution in [0.2, 0.25) is 0 Å². The summed E-state index contributed by atoms with van der Waals surface area (Å²) < 4.78 is 193. The van der Waals surface area contributed by atoms with Crippen LogP contribution in [0.5, 0.6) is 0 Å². The van der Waals surface area contributed by atoms with Crippen molar-refractivity contribution in [2.75, 3.05) is 0 Å². The molecule has 6 heterocycles. The highest BCUT2D eigenvalue weighted by atomic mass is 32.3. The van der Waals surface area contributed by atoms with Crippen LogP contribution in [0.4, 0.5) is 0 Å². The summed E-state index contributed by atoms with van der Waals surface area (Å²) in [6.07, 6.45) is 0. The molecule has 0 aromatic carbocycles. The van der Waals surface area contributed by atoms with Gasteiger partial charge in [-0.05, 0) is 0 Å². The zero-order valence-electron chi connectivity index (χ0n) is 17.8. The van der Waals surface area contributed by atoms with Crippen LogP contribution in [0.3, 0.4) is 0 Å². The molecule has 0 aromatic heterocycles. The van der Waals surface area contributed by atoms with Gasteiger partial charge in [0.1, 0.15) is 0 Å². The van der Waals surface area contributed by atoms with E-state index in [4.69, 9.17) is 0 Å². The highest BCUT2D eigenvalue weighted by Crippen LogP contribution is 2.67.